The summed E-state index contributed by atoms with van der Waals surface area (Å²) in [6.07, 6.45) is 4.73. The van der Waals surface area contributed by atoms with Crippen LogP contribution in [0.2, 0.25) is 0 Å². The van der Waals surface area contributed by atoms with Gasteiger partial charge in [-0.15, -0.1) is 0 Å². The molecule has 0 aromatic carbocycles. The summed E-state index contributed by atoms with van der Waals surface area (Å²) in [5.41, 5.74) is 1.01. The Hall–Kier alpha value is -1.36. The van der Waals surface area contributed by atoms with Crippen LogP contribution in [-0.2, 0) is 20.8 Å². The maximum atomic E-state index is 11.8. The van der Waals surface area contributed by atoms with Gasteiger partial charge in [0, 0.05) is 25.3 Å². The van der Waals surface area contributed by atoms with E-state index in [1.807, 2.05) is 6.20 Å². The predicted octanol–water partition coefficient (Wildman–Crippen LogP) is 1.44. The van der Waals surface area contributed by atoms with Crippen LogP contribution in [-0.4, -0.2) is 35.8 Å². The Morgan fingerprint density at radius 3 is 3.17 bits per heavy atom. The highest BCUT2D eigenvalue weighted by atomic mass is 16.5. The second-order valence-corrected chi connectivity index (χ2v) is 4.97. The number of hydrogen-bond acceptors (Lipinski definition) is 4. The first-order chi connectivity index (χ1) is 8.81. The molecule has 0 saturated carbocycles. The molecule has 2 aliphatic heterocycles. The fourth-order valence-electron chi connectivity index (χ4n) is 2.97. The Kier molecular flexibility index (Phi) is 3.07. The number of rotatable bonds is 2. The molecule has 0 amide bonds. The molecule has 2 aliphatic rings. The van der Waals surface area contributed by atoms with Gasteiger partial charge in [-0.2, -0.15) is 0 Å². The fourth-order valence-corrected chi connectivity index (χ4v) is 2.97. The zero-order chi connectivity index (χ0) is 12.5. The van der Waals surface area contributed by atoms with Crippen molar-refractivity contribution in [2.24, 2.45) is 0 Å². The molecule has 2 atom stereocenters. The van der Waals surface area contributed by atoms with Gasteiger partial charge in [0.15, 0.2) is 0 Å². The summed E-state index contributed by atoms with van der Waals surface area (Å²) in [5, 5.41) is 0. The summed E-state index contributed by atoms with van der Waals surface area (Å²) in [5.74, 6) is 1.17. The lowest BCUT2D eigenvalue weighted by atomic mass is 9.96. The van der Waals surface area contributed by atoms with Gasteiger partial charge in [-0.3, -0.25) is 4.79 Å². The Bertz CT molecular complexity index is 449. The van der Waals surface area contributed by atoms with Gasteiger partial charge >= 0.3 is 5.97 Å². The topological polar surface area (TPSA) is 53.4 Å². The first kappa shape index (κ1) is 11.7. The van der Waals surface area contributed by atoms with Crippen LogP contribution in [0.5, 0.6) is 0 Å². The minimum atomic E-state index is -0.148. The molecule has 0 bridgehead atoms. The molecule has 5 nitrogen and oxygen atoms in total. The summed E-state index contributed by atoms with van der Waals surface area (Å²) in [4.78, 5) is 16.3. The van der Waals surface area contributed by atoms with E-state index in [-0.39, 0.29) is 11.9 Å². The number of carbonyl (C=O) groups is 1. The third kappa shape index (κ3) is 1.82. The first-order valence-corrected chi connectivity index (χ1v) is 6.52. The van der Waals surface area contributed by atoms with Gasteiger partial charge in [0.05, 0.1) is 25.3 Å². The lowest BCUT2D eigenvalue weighted by Gasteiger charge is -2.24. The third-order valence-electron chi connectivity index (χ3n) is 3.93. The van der Waals surface area contributed by atoms with Crippen LogP contribution in [0.15, 0.2) is 6.20 Å². The highest BCUT2D eigenvalue weighted by molar-refractivity contribution is 5.77. The zero-order valence-corrected chi connectivity index (χ0v) is 10.6. The third-order valence-corrected chi connectivity index (χ3v) is 3.93. The minimum absolute atomic E-state index is 0.146. The van der Waals surface area contributed by atoms with Crippen molar-refractivity contribution in [1.82, 2.24) is 9.55 Å². The Morgan fingerprint density at radius 2 is 2.44 bits per heavy atom. The Labute approximate surface area is 106 Å². The maximum Gasteiger partial charge on any atom is 0.314 e. The van der Waals surface area contributed by atoms with Crippen molar-refractivity contribution < 1.29 is 14.3 Å². The van der Waals surface area contributed by atoms with Crippen LogP contribution in [0.4, 0.5) is 0 Å². The molecule has 98 valence electrons. The number of ether oxygens (including phenoxy) is 2. The number of aromatic nitrogens is 2. The molecule has 3 rings (SSSR count). The molecule has 2 unspecified atom stereocenters. The molecule has 18 heavy (non-hydrogen) atoms. The number of methoxy groups -OCH3 is 1. The minimum Gasteiger partial charge on any atom is -0.469 e. The predicted molar refractivity (Wildman–Crippen MR) is 64.4 cm³/mol. The molecule has 1 aromatic rings. The van der Waals surface area contributed by atoms with Gasteiger partial charge in [-0.25, -0.2) is 4.98 Å². The summed E-state index contributed by atoms with van der Waals surface area (Å²) in [6.45, 7) is 2.52. The van der Waals surface area contributed by atoms with Crippen molar-refractivity contribution in [3.8, 4) is 0 Å². The van der Waals surface area contributed by atoms with Gasteiger partial charge in [-0.1, -0.05) is 0 Å². The van der Waals surface area contributed by atoms with E-state index in [0.717, 1.165) is 50.5 Å². The average molecular weight is 250 g/mol. The molecule has 5 heteroatoms. The smallest absolute Gasteiger partial charge is 0.314 e. The number of fused-ring (bicyclic) bond motifs is 1. The van der Waals surface area contributed by atoms with Crippen molar-refractivity contribution in [1.29, 1.82) is 0 Å². The van der Waals surface area contributed by atoms with Crippen LogP contribution >= 0.6 is 0 Å². The van der Waals surface area contributed by atoms with Gasteiger partial charge in [-0.05, 0) is 19.3 Å². The molecular weight excluding hydrogens is 232 g/mol. The van der Waals surface area contributed by atoms with Crippen LogP contribution in [0.25, 0.3) is 0 Å². The van der Waals surface area contributed by atoms with Crippen LogP contribution in [0.1, 0.15) is 42.6 Å². The van der Waals surface area contributed by atoms with E-state index < -0.39 is 0 Å². The summed E-state index contributed by atoms with van der Waals surface area (Å²) >= 11 is 0. The number of hydrogen-bond donors (Lipinski definition) is 0. The zero-order valence-electron chi connectivity index (χ0n) is 10.6. The van der Waals surface area contributed by atoms with Crippen molar-refractivity contribution in [3.63, 3.8) is 0 Å². The standard InChI is InChI=1S/C13H18N2O3/c1-17-13(16)10-3-2-5-15-11(10)7-14-12(15)9-4-6-18-8-9/h7,9-10H,2-6,8H2,1H3. The summed E-state index contributed by atoms with van der Waals surface area (Å²) in [6, 6.07) is 0. The van der Waals surface area contributed by atoms with E-state index in [0.29, 0.717) is 5.92 Å². The van der Waals surface area contributed by atoms with E-state index in [9.17, 15) is 4.79 Å². The normalized spacial score (nSPS) is 26.9. The number of carbonyl (C=O) groups excluding carboxylic acids is 1. The monoisotopic (exact) mass is 250 g/mol. The number of imidazole rings is 1. The van der Waals surface area contributed by atoms with Crippen LogP contribution in [0.3, 0.4) is 0 Å². The quantitative estimate of drug-likeness (QED) is 0.745. The maximum absolute atomic E-state index is 11.8. The van der Waals surface area contributed by atoms with Crippen molar-refractivity contribution >= 4 is 5.97 Å². The molecule has 1 fully saturated rings. The molecule has 1 aromatic heterocycles. The van der Waals surface area contributed by atoms with E-state index in [2.05, 4.69) is 9.55 Å². The van der Waals surface area contributed by atoms with E-state index in [1.165, 1.54) is 7.11 Å². The number of nitrogens with zero attached hydrogens (tertiary/aromatic N) is 2. The Balaban J connectivity index is 1.92. The van der Waals surface area contributed by atoms with Crippen LogP contribution < -0.4 is 0 Å². The summed E-state index contributed by atoms with van der Waals surface area (Å²) < 4.78 is 12.5. The lowest BCUT2D eigenvalue weighted by Crippen LogP contribution is -2.24. The molecule has 0 spiro atoms. The molecule has 0 aliphatic carbocycles. The lowest BCUT2D eigenvalue weighted by molar-refractivity contribution is -0.143. The SMILES string of the molecule is COC(=O)C1CCCn2c1cnc2C1CCOC1. The Morgan fingerprint density at radius 1 is 1.56 bits per heavy atom. The largest absolute Gasteiger partial charge is 0.469 e. The van der Waals surface area contributed by atoms with Crippen molar-refractivity contribution in [3.05, 3.63) is 17.7 Å². The van der Waals surface area contributed by atoms with E-state index in [4.69, 9.17) is 9.47 Å². The molecule has 0 radical (unpaired) electrons. The molecular formula is C13H18N2O3. The van der Waals surface area contributed by atoms with Gasteiger partial charge in [0.25, 0.3) is 0 Å². The molecule has 0 N–H and O–H groups in total. The number of esters is 1. The second kappa shape index (κ2) is 4.72. The highest BCUT2D eigenvalue weighted by Gasteiger charge is 2.32. The van der Waals surface area contributed by atoms with E-state index in [1.54, 1.807) is 0 Å². The molecule has 1 saturated heterocycles. The first-order valence-electron chi connectivity index (χ1n) is 6.52. The van der Waals surface area contributed by atoms with Gasteiger partial charge in [0.1, 0.15) is 5.82 Å². The van der Waals surface area contributed by atoms with Crippen LogP contribution in [0, 0.1) is 0 Å². The highest BCUT2D eigenvalue weighted by Crippen LogP contribution is 2.33. The average Bonchev–Trinajstić information content (AvgIpc) is 3.05. The van der Waals surface area contributed by atoms with Crippen molar-refractivity contribution in [2.75, 3.05) is 20.3 Å². The van der Waals surface area contributed by atoms with Gasteiger partial charge < -0.3 is 14.0 Å². The van der Waals surface area contributed by atoms with E-state index >= 15 is 0 Å². The fraction of sp³-hybridized carbons (Fsp3) is 0.692. The van der Waals surface area contributed by atoms with Crippen molar-refractivity contribution in [2.45, 2.75) is 37.6 Å². The van der Waals surface area contributed by atoms with Gasteiger partial charge in [0.2, 0.25) is 0 Å². The second-order valence-electron chi connectivity index (χ2n) is 4.97. The summed E-state index contributed by atoms with van der Waals surface area (Å²) in [7, 11) is 1.45. The molecule has 3 heterocycles.